The van der Waals surface area contributed by atoms with Gasteiger partial charge in [0.1, 0.15) is 0 Å². The Morgan fingerprint density at radius 2 is 1.12 bits per heavy atom. The second-order valence-electron chi connectivity index (χ2n) is 7.60. The Kier molecular flexibility index (Phi) is 18.4. The van der Waals surface area contributed by atoms with Crippen LogP contribution in [0.4, 0.5) is 0 Å². The molecule has 24 heavy (non-hydrogen) atoms. The molecular weight excluding hydrogens is 296 g/mol. The van der Waals surface area contributed by atoms with E-state index in [4.69, 9.17) is 0 Å². The lowest BCUT2D eigenvalue weighted by Crippen LogP contribution is -1.99. The average molecular weight is 341 g/mol. The zero-order valence-corrected chi connectivity index (χ0v) is 16.9. The largest absolute Gasteiger partial charge is 0.469 e. The molecule has 0 heterocycles. The summed E-state index contributed by atoms with van der Waals surface area (Å²) in [5, 5.41) is 0. The molecule has 0 aliphatic rings. The maximum absolute atomic E-state index is 11.0. The Hall–Kier alpha value is -0.530. The first-order valence-corrected chi connectivity index (χ1v) is 10.8. The van der Waals surface area contributed by atoms with Gasteiger partial charge in [0, 0.05) is 6.42 Å². The number of carbonyl (C=O) groups is 1. The smallest absolute Gasteiger partial charge is 0.305 e. The number of rotatable bonds is 18. The molecule has 0 aromatic rings. The van der Waals surface area contributed by atoms with Crippen LogP contribution in [0.1, 0.15) is 123 Å². The molecule has 1 unspecified atom stereocenters. The summed E-state index contributed by atoms with van der Waals surface area (Å²) >= 11 is 0. The van der Waals surface area contributed by atoms with Gasteiger partial charge in [0.25, 0.3) is 0 Å². The minimum atomic E-state index is -0.0646. The van der Waals surface area contributed by atoms with Crippen molar-refractivity contribution in [1.29, 1.82) is 0 Å². The first-order valence-electron chi connectivity index (χ1n) is 10.8. The van der Waals surface area contributed by atoms with Crippen molar-refractivity contribution in [3.05, 3.63) is 0 Å². The van der Waals surface area contributed by atoms with Crippen LogP contribution in [0, 0.1) is 5.92 Å². The van der Waals surface area contributed by atoms with Crippen molar-refractivity contribution in [2.45, 2.75) is 123 Å². The zero-order valence-electron chi connectivity index (χ0n) is 16.9. The third kappa shape index (κ3) is 17.8. The highest BCUT2D eigenvalue weighted by molar-refractivity contribution is 5.68. The van der Waals surface area contributed by atoms with Crippen molar-refractivity contribution in [3.63, 3.8) is 0 Å². The van der Waals surface area contributed by atoms with Crippen molar-refractivity contribution < 1.29 is 9.53 Å². The third-order valence-corrected chi connectivity index (χ3v) is 5.11. The highest BCUT2D eigenvalue weighted by atomic mass is 16.5. The van der Waals surface area contributed by atoms with E-state index in [1.807, 2.05) is 0 Å². The number of methoxy groups -OCH3 is 1. The molecule has 0 amide bonds. The predicted molar refractivity (Wildman–Crippen MR) is 105 cm³/mol. The Balaban J connectivity index is 3.15. The van der Waals surface area contributed by atoms with Gasteiger partial charge in [-0.2, -0.15) is 0 Å². The third-order valence-electron chi connectivity index (χ3n) is 5.11. The fourth-order valence-corrected chi connectivity index (χ4v) is 3.34. The van der Waals surface area contributed by atoms with Gasteiger partial charge < -0.3 is 4.74 Å². The predicted octanol–water partition coefficient (Wildman–Crippen LogP) is 7.45. The van der Waals surface area contributed by atoms with Crippen LogP contribution in [0.3, 0.4) is 0 Å². The van der Waals surface area contributed by atoms with E-state index < -0.39 is 0 Å². The SMILES string of the molecule is CCCCCCCC(C)CCCCCCCCCCCC(=O)OC. The monoisotopic (exact) mass is 340 g/mol. The molecule has 0 N–H and O–H groups in total. The molecule has 2 heteroatoms. The molecule has 1 atom stereocenters. The lowest BCUT2D eigenvalue weighted by molar-refractivity contribution is -0.140. The van der Waals surface area contributed by atoms with Crippen molar-refractivity contribution >= 4 is 5.97 Å². The van der Waals surface area contributed by atoms with E-state index in [0.717, 1.165) is 12.3 Å². The molecule has 0 aliphatic heterocycles. The number of hydrogen-bond donors (Lipinski definition) is 0. The Bertz CT molecular complexity index is 263. The summed E-state index contributed by atoms with van der Waals surface area (Å²) in [4.78, 5) is 11.0. The van der Waals surface area contributed by atoms with Crippen molar-refractivity contribution in [1.82, 2.24) is 0 Å². The standard InChI is InChI=1S/C22H44O2/c1-4-5-6-12-15-18-21(2)19-16-13-10-8-7-9-11-14-17-20-22(23)24-3/h21H,4-20H2,1-3H3. The summed E-state index contributed by atoms with van der Waals surface area (Å²) in [7, 11) is 1.47. The molecule has 144 valence electrons. The highest BCUT2D eigenvalue weighted by Gasteiger charge is 2.02. The first-order chi connectivity index (χ1) is 11.7. The van der Waals surface area contributed by atoms with Crippen LogP contribution >= 0.6 is 0 Å². The average Bonchev–Trinajstić information content (AvgIpc) is 2.59. The fraction of sp³-hybridized carbons (Fsp3) is 0.955. The zero-order chi connectivity index (χ0) is 17.9. The lowest BCUT2D eigenvalue weighted by Gasteiger charge is -2.11. The summed E-state index contributed by atoms with van der Waals surface area (Å²) < 4.78 is 4.65. The van der Waals surface area contributed by atoms with Crippen LogP contribution in [-0.4, -0.2) is 13.1 Å². The normalized spacial score (nSPS) is 12.3. The fourth-order valence-electron chi connectivity index (χ4n) is 3.34. The molecule has 0 spiro atoms. The molecule has 0 radical (unpaired) electrons. The molecule has 0 rings (SSSR count). The summed E-state index contributed by atoms with van der Waals surface area (Å²) in [6, 6.07) is 0. The number of hydrogen-bond acceptors (Lipinski definition) is 2. The minimum Gasteiger partial charge on any atom is -0.469 e. The van der Waals surface area contributed by atoms with E-state index in [0.29, 0.717) is 6.42 Å². The van der Waals surface area contributed by atoms with Gasteiger partial charge in [0.05, 0.1) is 7.11 Å². The van der Waals surface area contributed by atoms with E-state index in [1.165, 1.54) is 103 Å². The van der Waals surface area contributed by atoms with Gasteiger partial charge in [-0.1, -0.05) is 110 Å². The Morgan fingerprint density at radius 1 is 0.708 bits per heavy atom. The maximum atomic E-state index is 11.0. The van der Waals surface area contributed by atoms with Crippen molar-refractivity contribution in [3.8, 4) is 0 Å². The molecule has 0 saturated carbocycles. The molecule has 0 saturated heterocycles. The van der Waals surface area contributed by atoms with Crippen molar-refractivity contribution in [2.24, 2.45) is 5.92 Å². The molecule has 2 nitrogen and oxygen atoms in total. The molecule has 0 aliphatic carbocycles. The Labute approximate surface area is 152 Å². The van der Waals surface area contributed by atoms with Crippen LogP contribution < -0.4 is 0 Å². The van der Waals surface area contributed by atoms with Crippen LogP contribution in [0.5, 0.6) is 0 Å². The highest BCUT2D eigenvalue weighted by Crippen LogP contribution is 2.18. The van der Waals surface area contributed by atoms with Gasteiger partial charge in [0.2, 0.25) is 0 Å². The summed E-state index contributed by atoms with van der Waals surface area (Å²) in [6.07, 6.45) is 22.3. The van der Waals surface area contributed by atoms with Crippen molar-refractivity contribution in [2.75, 3.05) is 7.11 Å². The maximum Gasteiger partial charge on any atom is 0.305 e. The van der Waals surface area contributed by atoms with Gasteiger partial charge >= 0.3 is 5.97 Å². The van der Waals surface area contributed by atoms with Gasteiger partial charge in [-0.25, -0.2) is 0 Å². The van der Waals surface area contributed by atoms with Gasteiger partial charge in [0.15, 0.2) is 0 Å². The van der Waals surface area contributed by atoms with E-state index in [9.17, 15) is 4.79 Å². The van der Waals surface area contributed by atoms with Crippen LogP contribution in [0.25, 0.3) is 0 Å². The quantitative estimate of drug-likeness (QED) is 0.191. The lowest BCUT2D eigenvalue weighted by atomic mass is 9.96. The number of unbranched alkanes of at least 4 members (excludes halogenated alkanes) is 12. The molecular formula is C22H44O2. The second-order valence-corrected chi connectivity index (χ2v) is 7.60. The van der Waals surface area contributed by atoms with Gasteiger partial charge in [-0.15, -0.1) is 0 Å². The first kappa shape index (κ1) is 23.5. The van der Waals surface area contributed by atoms with E-state index >= 15 is 0 Å². The topological polar surface area (TPSA) is 26.3 Å². The van der Waals surface area contributed by atoms with E-state index in [2.05, 4.69) is 18.6 Å². The van der Waals surface area contributed by atoms with Crippen LogP contribution in [0.2, 0.25) is 0 Å². The van der Waals surface area contributed by atoms with Gasteiger partial charge in [-0.3, -0.25) is 4.79 Å². The summed E-state index contributed by atoms with van der Waals surface area (Å²) in [6.45, 7) is 4.72. The molecule has 0 aromatic heterocycles. The number of esters is 1. The van der Waals surface area contributed by atoms with E-state index in [1.54, 1.807) is 0 Å². The minimum absolute atomic E-state index is 0.0646. The second kappa shape index (κ2) is 18.8. The number of ether oxygens (including phenoxy) is 1. The molecule has 0 fully saturated rings. The molecule has 0 aromatic carbocycles. The van der Waals surface area contributed by atoms with E-state index in [-0.39, 0.29) is 5.97 Å². The van der Waals surface area contributed by atoms with Crippen LogP contribution in [-0.2, 0) is 9.53 Å². The summed E-state index contributed by atoms with van der Waals surface area (Å²) in [5.74, 6) is 0.867. The van der Waals surface area contributed by atoms with Crippen LogP contribution in [0.15, 0.2) is 0 Å². The summed E-state index contributed by atoms with van der Waals surface area (Å²) in [5.41, 5.74) is 0. The Morgan fingerprint density at radius 3 is 1.58 bits per heavy atom. The van der Waals surface area contributed by atoms with Gasteiger partial charge in [-0.05, 0) is 12.3 Å². The number of carbonyl (C=O) groups excluding carboxylic acids is 1. The molecule has 0 bridgehead atoms.